The highest BCUT2D eigenvalue weighted by molar-refractivity contribution is 7.92. The number of hydrogen-bond donors (Lipinski definition) is 2. The predicted molar refractivity (Wildman–Crippen MR) is 74.3 cm³/mol. The Bertz CT molecular complexity index is 496. The molecule has 1 saturated heterocycles. The van der Waals surface area contributed by atoms with Crippen molar-refractivity contribution in [2.45, 2.75) is 31.7 Å². The van der Waals surface area contributed by atoms with E-state index in [1.54, 1.807) is 0 Å². The molecule has 4 nitrogen and oxygen atoms in total. The van der Waals surface area contributed by atoms with Crippen LogP contribution in [0.4, 0.5) is 5.69 Å². The van der Waals surface area contributed by atoms with Crippen LogP contribution in [0.25, 0.3) is 0 Å². The SMILES string of the molecule is CC1CC(c2ccc(NS(C)(=O)=O)cc2)CCN1. The Morgan fingerprint density at radius 1 is 1.28 bits per heavy atom. The van der Waals surface area contributed by atoms with Gasteiger partial charge in [0.1, 0.15) is 0 Å². The van der Waals surface area contributed by atoms with Gasteiger partial charge in [-0.15, -0.1) is 0 Å². The van der Waals surface area contributed by atoms with Gasteiger partial charge in [0.2, 0.25) is 10.0 Å². The molecule has 2 atom stereocenters. The van der Waals surface area contributed by atoms with Crippen molar-refractivity contribution in [3.63, 3.8) is 0 Å². The normalized spacial score (nSPS) is 24.8. The maximum absolute atomic E-state index is 11.1. The van der Waals surface area contributed by atoms with Gasteiger partial charge in [0.25, 0.3) is 0 Å². The molecule has 0 amide bonds. The van der Waals surface area contributed by atoms with Gasteiger partial charge < -0.3 is 5.32 Å². The zero-order chi connectivity index (χ0) is 13.2. The fourth-order valence-electron chi connectivity index (χ4n) is 2.47. The summed E-state index contributed by atoms with van der Waals surface area (Å²) < 4.78 is 24.7. The molecule has 18 heavy (non-hydrogen) atoms. The summed E-state index contributed by atoms with van der Waals surface area (Å²) in [6.07, 6.45) is 3.44. The average Bonchev–Trinajstić information content (AvgIpc) is 2.28. The molecular formula is C13H20N2O2S. The molecule has 1 aromatic rings. The van der Waals surface area contributed by atoms with Gasteiger partial charge in [0.15, 0.2) is 0 Å². The van der Waals surface area contributed by atoms with E-state index in [0.29, 0.717) is 17.6 Å². The molecule has 2 rings (SSSR count). The molecule has 1 aliphatic rings. The standard InChI is InChI=1S/C13H20N2O2S/c1-10-9-12(7-8-14-10)11-3-5-13(6-4-11)15-18(2,16)17/h3-6,10,12,14-15H,7-9H2,1-2H3. The van der Waals surface area contributed by atoms with Crippen molar-refractivity contribution in [2.75, 3.05) is 17.5 Å². The third-order valence-electron chi connectivity index (χ3n) is 3.31. The van der Waals surface area contributed by atoms with E-state index in [0.717, 1.165) is 25.6 Å². The largest absolute Gasteiger partial charge is 0.314 e. The molecule has 0 saturated carbocycles. The number of anilines is 1. The van der Waals surface area contributed by atoms with Crippen LogP contribution in [-0.4, -0.2) is 27.3 Å². The lowest BCUT2D eigenvalue weighted by Gasteiger charge is -2.28. The number of rotatable bonds is 3. The monoisotopic (exact) mass is 268 g/mol. The van der Waals surface area contributed by atoms with Crippen LogP contribution in [0, 0.1) is 0 Å². The molecule has 1 fully saturated rings. The number of hydrogen-bond acceptors (Lipinski definition) is 3. The lowest BCUT2D eigenvalue weighted by molar-refractivity contribution is 0.381. The molecule has 0 spiro atoms. The summed E-state index contributed by atoms with van der Waals surface area (Å²) in [4.78, 5) is 0. The Kier molecular flexibility index (Phi) is 3.92. The quantitative estimate of drug-likeness (QED) is 0.880. The van der Waals surface area contributed by atoms with E-state index in [1.165, 1.54) is 5.56 Å². The summed E-state index contributed by atoms with van der Waals surface area (Å²) >= 11 is 0. The zero-order valence-electron chi connectivity index (χ0n) is 10.8. The predicted octanol–water partition coefficient (Wildman–Crippen LogP) is 1.91. The fourth-order valence-corrected chi connectivity index (χ4v) is 3.04. The zero-order valence-corrected chi connectivity index (χ0v) is 11.6. The summed E-state index contributed by atoms with van der Waals surface area (Å²) in [7, 11) is -3.18. The highest BCUT2D eigenvalue weighted by Crippen LogP contribution is 2.28. The lowest BCUT2D eigenvalue weighted by atomic mass is 9.87. The third kappa shape index (κ3) is 3.71. The van der Waals surface area contributed by atoms with Crippen molar-refractivity contribution in [1.82, 2.24) is 5.32 Å². The number of benzene rings is 1. The van der Waals surface area contributed by atoms with Crippen molar-refractivity contribution >= 4 is 15.7 Å². The Balaban J connectivity index is 2.07. The van der Waals surface area contributed by atoms with Crippen LogP contribution in [0.1, 0.15) is 31.2 Å². The molecule has 2 unspecified atom stereocenters. The van der Waals surface area contributed by atoms with Crippen LogP contribution in [0.3, 0.4) is 0 Å². The van der Waals surface area contributed by atoms with Crippen molar-refractivity contribution in [1.29, 1.82) is 0 Å². The minimum Gasteiger partial charge on any atom is -0.314 e. The third-order valence-corrected chi connectivity index (χ3v) is 3.92. The van der Waals surface area contributed by atoms with Gasteiger partial charge in [-0.25, -0.2) is 8.42 Å². The average molecular weight is 268 g/mol. The first-order valence-corrected chi connectivity index (χ1v) is 8.14. The maximum atomic E-state index is 11.1. The molecule has 1 heterocycles. The molecule has 2 N–H and O–H groups in total. The topological polar surface area (TPSA) is 58.2 Å². The smallest absolute Gasteiger partial charge is 0.229 e. The Hall–Kier alpha value is -1.07. The van der Waals surface area contributed by atoms with Gasteiger partial charge in [-0.05, 0) is 49.9 Å². The van der Waals surface area contributed by atoms with Gasteiger partial charge >= 0.3 is 0 Å². The van der Waals surface area contributed by atoms with Crippen LogP contribution < -0.4 is 10.0 Å². The minimum atomic E-state index is -3.18. The second-order valence-corrected chi connectivity index (χ2v) is 6.82. The van der Waals surface area contributed by atoms with E-state index in [4.69, 9.17) is 0 Å². The van der Waals surface area contributed by atoms with E-state index in [-0.39, 0.29) is 0 Å². The van der Waals surface area contributed by atoms with E-state index in [1.807, 2.05) is 24.3 Å². The van der Waals surface area contributed by atoms with Gasteiger partial charge in [0.05, 0.1) is 6.26 Å². The summed E-state index contributed by atoms with van der Waals surface area (Å²) in [6, 6.07) is 8.27. The molecular weight excluding hydrogens is 248 g/mol. The van der Waals surface area contributed by atoms with Crippen LogP contribution in [0.15, 0.2) is 24.3 Å². The molecule has 100 valence electrons. The fraction of sp³-hybridized carbons (Fsp3) is 0.538. The minimum absolute atomic E-state index is 0.553. The molecule has 0 radical (unpaired) electrons. The number of piperidine rings is 1. The highest BCUT2D eigenvalue weighted by atomic mass is 32.2. The number of nitrogens with one attached hydrogen (secondary N) is 2. The van der Waals surface area contributed by atoms with E-state index >= 15 is 0 Å². The van der Waals surface area contributed by atoms with Crippen molar-refractivity contribution in [3.05, 3.63) is 29.8 Å². The first-order chi connectivity index (χ1) is 8.44. The van der Waals surface area contributed by atoms with Crippen molar-refractivity contribution in [2.24, 2.45) is 0 Å². The molecule has 0 aliphatic carbocycles. The molecule has 0 aromatic heterocycles. The summed E-state index contributed by atoms with van der Waals surface area (Å²) in [6.45, 7) is 3.25. The Morgan fingerprint density at radius 2 is 1.94 bits per heavy atom. The molecule has 5 heteroatoms. The maximum Gasteiger partial charge on any atom is 0.229 e. The van der Waals surface area contributed by atoms with Gasteiger partial charge in [-0.3, -0.25) is 4.72 Å². The molecule has 1 aliphatic heterocycles. The molecule has 1 aromatic carbocycles. The first kappa shape index (κ1) is 13.4. The lowest BCUT2D eigenvalue weighted by Crippen LogP contribution is -2.34. The summed E-state index contributed by atoms with van der Waals surface area (Å²) in [5.74, 6) is 0.577. The van der Waals surface area contributed by atoms with Gasteiger partial charge in [-0.2, -0.15) is 0 Å². The van der Waals surface area contributed by atoms with Gasteiger partial charge in [-0.1, -0.05) is 12.1 Å². The van der Waals surface area contributed by atoms with Crippen LogP contribution in [-0.2, 0) is 10.0 Å². The molecule has 0 bridgehead atoms. The summed E-state index contributed by atoms with van der Waals surface area (Å²) in [5.41, 5.74) is 1.92. The number of sulfonamides is 1. The first-order valence-electron chi connectivity index (χ1n) is 6.25. The van der Waals surface area contributed by atoms with E-state index in [9.17, 15) is 8.42 Å². The van der Waals surface area contributed by atoms with Crippen LogP contribution >= 0.6 is 0 Å². The second kappa shape index (κ2) is 5.28. The van der Waals surface area contributed by atoms with E-state index < -0.39 is 10.0 Å². The van der Waals surface area contributed by atoms with Crippen molar-refractivity contribution < 1.29 is 8.42 Å². The van der Waals surface area contributed by atoms with Crippen LogP contribution in [0.5, 0.6) is 0 Å². The second-order valence-electron chi connectivity index (χ2n) is 5.07. The van der Waals surface area contributed by atoms with E-state index in [2.05, 4.69) is 17.0 Å². The highest BCUT2D eigenvalue weighted by Gasteiger charge is 2.19. The van der Waals surface area contributed by atoms with Gasteiger partial charge in [0, 0.05) is 11.7 Å². The Morgan fingerprint density at radius 3 is 2.50 bits per heavy atom. The van der Waals surface area contributed by atoms with Crippen molar-refractivity contribution in [3.8, 4) is 0 Å². The Labute approximate surface area is 109 Å². The van der Waals surface area contributed by atoms with Crippen LogP contribution in [0.2, 0.25) is 0 Å². The summed E-state index contributed by atoms with van der Waals surface area (Å²) in [5, 5.41) is 3.43.